The second kappa shape index (κ2) is 4.80. The van der Waals surface area contributed by atoms with E-state index in [0.29, 0.717) is 12.0 Å². The van der Waals surface area contributed by atoms with Gasteiger partial charge in [-0.15, -0.1) is 0 Å². The molecule has 0 spiro atoms. The summed E-state index contributed by atoms with van der Waals surface area (Å²) in [6, 6.07) is 0. The van der Waals surface area contributed by atoms with Gasteiger partial charge >= 0.3 is 0 Å². The van der Waals surface area contributed by atoms with E-state index in [1.807, 2.05) is 0 Å². The first-order valence-corrected chi connectivity index (χ1v) is 2.38. The Morgan fingerprint density at radius 3 is 1.56 bits per heavy atom. The average Bonchev–Trinajstić information content (AvgIpc) is 2.22. The molecule has 0 saturated heterocycles. The fourth-order valence-electron chi connectivity index (χ4n) is 0.372. The Morgan fingerprint density at radius 1 is 1.22 bits per heavy atom. The summed E-state index contributed by atoms with van der Waals surface area (Å²) in [7, 11) is 0. The van der Waals surface area contributed by atoms with Gasteiger partial charge in [0.2, 0.25) is 0 Å². The number of aliphatic hydroxyl groups is 1. The van der Waals surface area contributed by atoms with Crippen molar-refractivity contribution in [2.45, 2.75) is 42.0 Å². The molecule has 1 heteroatoms. The largest absolute Gasteiger partial charge is 0.396 e. The van der Waals surface area contributed by atoms with E-state index in [4.69, 9.17) is 5.11 Å². The first kappa shape index (κ1) is 16.0. The fourth-order valence-corrected chi connectivity index (χ4v) is 0.372. The Hall–Kier alpha value is -0.0400. The van der Waals surface area contributed by atoms with Gasteiger partial charge in [0.05, 0.1) is 0 Å². The Bertz CT molecular complexity index is 55.6. The van der Waals surface area contributed by atoms with Crippen LogP contribution in [0.15, 0.2) is 0 Å². The second-order valence-corrected chi connectivity index (χ2v) is 2.47. The first-order valence-electron chi connectivity index (χ1n) is 2.38. The van der Waals surface area contributed by atoms with E-state index in [0.717, 1.165) is 0 Å². The van der Waals surface area contributed by atoms with Gasteiger partial charge in [-0.3, -0.25) is 0 Å². The highest BCUT2D eigenvalue weighted by Crippen LogP contribution is 2.43. The normalized spacial score (nSPS) is 18.0. The van der Waals surface area contributed by atoms with Crippen LogP contribution < -0.4 is 0 Å². The van der Waals surface area contributed by atoms with Crippen LogP contribution in [0.4, 0.5) is 0 Å². The van der Waals surface area contributed by atoms with Gasteiger partial charge in [0.1, 0.15) is 0 Å². The third-order valence-corrected chi connectivity index (χ3v) is 1.49. The summed E-state index contributed by atoms with van der Waals surface area (Å²) >= 11 is 0. The molecule has 0 amide bonds. The molecule has 0 bridgehead atoms. The number of aliphatic hydroxyl groups excluding tert-OH is 1. The lowest BCUT2D eigenvalue weighted by molar-refractivity contribution is 0.224. The van der Waals surface area contributed by atoms with Crippen LogP contribution in [0.5, 0.6) is 0 Å². The lowest BCUT2D eigenvalue weighted by Gasteiger charge is -1.96. The molecule has 0 aromatic heterocycles. The van der Waals surface area contributed by atoms with E-state index in [2.05, 4.69) is 6.92 Å². The predicted molar refractivity (Wildman–Crippen MR) is 44.6 cm³/mol. The molecule has 1 N–H and O–H groups in total. The van der Waals surface area contributed by atoms with Crippen LogP contribution in [-0.2, 0) is 0 Å². The Labute approximate surface area is 60.1 Å². The number of hydrogen-bond acceptors (Lipinski definition) is 1. The summed E-state index contributed by atoms with van der Waals surface area (Å²) in [5.74, 6) is 0. The Kier molecular flexibility index (Phi) is 8.53. The fraction of sp³-hybridized carbons (Fsp3) is 1.00. The molecule has 0 atom stereocenters. The molecule has 1 aliphatic carbocycles. The van der Waals surface area contributed by atoms with Crippen molar-refractivity contribution in [1.82, 2.24) is 0 Å². The Balaban J connectivity index is -0.000000120. The smallest absolute Gasteiger partial charge is 0.0484 e. The van der Waals surface area contributed by atoms with Crippen LogP contribution in [0.3, 0.4) is 0 Å². The highest BCUT2D eigenvalue weighted by molar-refractivity contribution is 4.87. The number of hydrogen-bond donors (Lipinski definition) is 1. The maximum atomic E-state index is 8.47. The molecule has 0 aliphatic heterocycles. The predicted octanol–water partition coefficient (Wildman–Crippen LogP) is 2.69. The quantitative estimate of drug-likeness (QED) is 0.584. The molecule has 60 valence electrons. The van der Waals surface area contributed by atoms with Gasteiger partial charge < -0.3 is 5.11 Å². The second-order valence-electron chi connectivity index (χ2n) is 2.47. The maximum absolute atomic E-state index is 8.47. The molecular formula is C8H22O. The van der Waals surface area contributed by atoms with Crippen molar-refractivity contribution in [1.29, 1.82) is 0 Å². The van der Waals surface area contributed by atoms with Crippen LogP contribution in [0.25, 0.3) is 0 Å². The summed E-state index contributed by atoms with van der Waals surface area (Å²) in [6.07, 6.45) is 2.45. The SMILES string of the molecule is C.C.C.CC1(CO)CC1. The van der Waals surface area contributed by atoms with Crippen molar-refractivity contribution < 1.29 is 5.11 Å². The van der Waals surface area contributed by atoms with E-state index in [1.165, 1.54) is 12.8 Å². The van der Waals surface area contributed by atoms with Gasteiger partial charge in [0.25, 0.3) is 0 Å². The molecule has 0 heterocycles. The minimum atomic E-state index is 0. The average molecular weight is 134 g/mol. The number of rotatable bonds is 1. The molecule has 0 radical (unpaired) electrons. The minimum absolute atomic E-state index is 0. The zero-order valence-electron chi connectivity index (χ0n) is 4.07. The zero-order chi connectivity index (χ0) is 4.62. The third kappa shape index (κ3) is 4.46. The molecule has 1 aliphatic rings. The van der Waals surface area contributed by atoms with Crippen LogP contribution in [0.1, 0.15) is 42.0 Å². The van der Waals surface area contributed by atoms with Crippen LogP contribution >= 0.6 is 0 Å². The van der Waals surface area contributed by atoms with E-state index in [-0.39, 0.29) is 22.3 Å². The molecule has 1 fully saturated rings. The van der Waals surface area contributed by atoms with E-state index < -0.39 is 0 Å². The summed E-state index contributed by atoms with van der Waals surface area (Å²) < 4.78 is 0. The van der Waals surface area contributed by atoms with Gasteiger partial charge in [0.15, 0.2) is 0 Å². The van der Waals surface area contributed by atoms with Crippen molar-refractivity contribution in [3.63, 3.8) is 0 Å². The third-order valence-electron chi connectivity index (χ3n) is 1.49. The topological polar surface area (TPSA) is 20.2 Å². The van der Waals surface area contributed by atoms with Gasteiger partial charge in [-0.25, -0.2) is 0 Å². The molecule has 1 nitrogen and oxygen atoms in total. The molecule has 0 aromatic carbocycles. The lowest BCUT2D eigenvalue weighted by Crippen LogP contribution is -1.97. The van der Waals surface area contributed by atoms with Crippen molar-refractivity contribution in [2.75, 3.05) is 6.61 Å². The lowest BCUT2D eigenvalue weighted by atomic mass is 10.2. The van der Waals surface area contributed by atoms with E-state index in [9.17, 15) is 0 Å². The first-order chi connectivity index (χ1) is 2.77. The highest BCUT2D eigenvalue weighted by atomic mass is 16.3. The van der Waals surface area contributed by atoms with Crippen molar-refractivity contribution in [3.8, 4) is 0 Å². The van der Waals surface area contributed by atoms with Crippen LogP contribution in [0, 0.1) is 5.41 Å². The molecule has 0 aromatic rings. The summed E-state index contributed by atoms with van der Waals surface area (Å²) in [5.41, 5.74) is 0.347. The van der Waals surface area contributed by atoms with Crippen LogP contribution in [-0.4, -0.2) is 11.7 Å². The van der Waals surface area contributed by atoms with Gasteiger partial charge in [-0.2, -0.15) is 0 Å². The van der Waals surface area contributed by atoms with Crippen molar-refractivity contribution in [2.24, 2.45) is 5.41 Å². The molecule has 0 unspecified atom stereocenters. The monoisotopic (exact) mass is 134 g/mol. The van der Waals surface area contributed by atoms with Gasteiger partial charge in [-0.05, 0) is 18.3 Å². The van der Waals surface area contributed by atoms with Crippen LogP contribution in [0.2, 0.25) is 0 Å². The molecule has 1 rings (SSSR count). The summed E-state index contributed by atoms with van der Waals surface area (Å²) in [6.45, 7) is 2.49. The summed E-state index contributed by atoms with van der Waals surface area (Å²) in [4.78, 5) is 0. The highest BCUT2D eigenvalue weighted by Gasteiger charge is 2.35. The summed E-state index contributed by atoms with van der Waals surface area (Å²) in [5, 5.41) is 8.47. The van der Waals surface area contributed by atoms with Crippen molar-refractivity contribution >= 4 is 0 Å². The molecular weight excluding hydrogens is 112 g/mol. The minimum Gasteiger partial charge on any atom is -0.396 e. The van der Waals surface area contributed by atoms with E-state index in [1.54, 1.807) is 0 Å². The zero-order valence-corrected chi connectivity index (χ0v) is 4.07. The Morgan fingerprint density at radius 2 is 1.56 bits per heavy atom. The maximum Gasteiger partial charge on any atom is 0.0484 e. The van der Waals surface area contributed by atoms with Gasteiger partial charge in [-0.1, -0.05) is 29.2 Å². The molecule has 1 saturated carbocycles. The molecule has 9 heavy (non-hydrogen) atoms. The van der Waals surface area contributed by atoms with Crippen molar-refractivity contribution in [3.05, 3.63) is 0 Å². The van der Waals surface area contributed by atoms with E-state index >= 15 is 0 Å². The van der Waals surface area contributed by atoms with Gasteiger partial charge in [0, 0.05) is 6.61 Å². The standard InChI is InChI=1S/C5H10O.3CH4/c1-5(4-6)2-3-5;;;/h6H,2-4H2,1H3;3*1H4.